The van der Waals surface area contributed by atoms with Crippen LogP contribution in [0.2, 0.25) is 0 Å². The predicted octanol–water partition coefficient (Wildman–Crippen LogP) is 1.90. The number of halogens is 2. The maximum Gasteiger partial charge on any atom is 0.274 e. The van der Waals surface area contributed by atoms with Gasteiger partial charge >= 0.3 is 0 Å². The number of aromatic nitrogens is 1. The van der Waals surface area contributed by atoms with Gasteiger partial charge in [0.1, 0.15) is 17.3 Å². The van der Waals surface area contributed by atoms with Crippen LogP contribution in [0.3, 0.4) is 0 Å². The van der Waals surface area contributed by atoms with E-state index < -0.39 is 39.4 Å². The second kappa shape index (κ2) is 10.3. The number of ether oxygens (including phenoxy) is 1. The van der Waals surface area contributed by atoms with Gasteiger partial charge in [0.2, 0.25) is 16.0 Å². The van der Waals surface area contributed by atoms with Crippen LogP contribution in [-0.4, -0.2) is 56.1 Å². The third-order valence-corrected chi connectivity index (χ3v) is 6.02. The van der Waals surface area contributed by atoms with Crippen molar-refractivity contribution in [1.82, 2.24) is 9.29 Å². The molecule has 168 valence electrons. The van der Waals surface area contributed by atoms with Crippen LogP contribution in [0, 0.1) is 11.6 Å². The number of nitrogens with zero attached hydrogens (tertiary/aromatic N) is 3. The Morgan fingerprint density at radius 2 is 2.00 bits per heavy atom. The molecule has 2 heterocycles. The largest absolute Gasteiger partial charge is 0.385 e. The molecular formula is C19H23F2N5O4S. The predicted molar refractivity (Wildman–Crippen MR) is 112 cm³/mol. The molecule has 1 amide bonds. The number of pyridine rings is 1. The molecule has 0 aliphatic carbocycles. The summed E-state index contributed by atoms with van der Waals surface area (Å²) < 4.78 is 56.7. The monoisotopic (exact) mass is 455 g/mol. The Kier molecular flexibility index (Phi) is 8.00. The van der Waals surface area contributed by atoms with Crippen molar-refractivity contribution in [3.8, 4) is 0 Å². The van der Waals surface area contributed by atoms with Crippen molar-refractivity contribution in [3.05, 3.63) is 59.4 Å². The molecule has 1 atom stereocenters. The number of aliphatic imine (C=N–C) groups is 1. The molecule has 2 aromatic rings. The Morgan fingerprint density at radius 3 is 2.55 bits per heavy atom. The summed E-state index contributed by atoms with van der Waals surface area (Å²) in [6.45, 7) is 2.78. The van der Waals surface area contributed by atoms with Gasteiger partial charge in [-0.1, -0.05) is 0 Å². The Bertz CT molecular complexity index is 1060. The van der Waals surface area contributed by atoms with E-state index in [2.05, 4.69) is 20.0 Å². The summed E-state index contributed by atoms with van der Waals surface area (Å²) in [5.74, 6) is -2.62. The van der Waals surface area contributed by atoms with Gasteiger partial charge in [0, 0.05) is 32.0 Å². The quantitative estimate of drug-likeness (QED) is 0.725. The first-order chi connectivity index (χ1) is 14.6. The van der Waals surface area contributed by atoms with E-state index >= 15 is 0 Å². The van der Waals surface area contributed by atoms with Crippen molar-refractivity contribution in [2.75, 3.05) is 31.8 Å². The summed E-state index contributed by atoms with van der Waals surface area (Å²) >= 11 is 0. The second-order valence-corrected chi connectivity index (χ2v) is 8.42. The van der Waals surface area contributed by atoms with Gasteiger partial charge in [-0.05, 0) is 37.3 Å². The molecule has 1 aromatic carbocycles. The van der Waals surface area contributed by atoms with Crippen LogP contribution in [0.1, 0.15) is 29.0 Å². The highest BCUT2D eigenvalue weighted by atomic mass is 32.2. The molecule has 12 heteroatoms. The molecule has 0 spiro atoms. The maximum absolute atomic E-state index is 14.2. The summed E-state index contributed by atoms with van der Waals surface area (Å²) in [7, 11) is -0.792. The van der Waals surface area contributed by atoms with Crippen molar-refractivity contribution in [2.45, 2.75) is 13.0 Å². The number of carbonyl (C=O) groups is 1. The number of carbonyl (C=O) groups excluding carboxylic acids is 1. The fourth-order valence-corrected chi connectivity index (χ4v) is 3.68. The summed E-state index contributed by atoms with van der Waals surface area (Å²) in [5, 5.41) is 2.49. The van der Waals surface area contributed by atoms with Crippen molar-refractivity contribution >= 4 is 27.6 Å². The highest BCUT2D eigenvalue weighted by Gasteiger charge is 2.32. The number of methoxy groups -OCH3 is 1. The van der Waals surface area contributed by atoms with Gasteiger partial charge in [-0.3, -0.25) is 4.79 Å². The van der Waals surface area contributed by atoms with Gasteiger partial charge in [-0.15, -0.1) is 0 Å². The number of guanidine groups is 1. The molecule has 1 aromatic heterocycles. The third kappa shape index (κ3) is 6.18. The molecule has 0 saturated carbocycles. The van der Waals surface area contributed by atoms with Crippen LogP contribution in [0.5, 0.6) is 0 Å². The molecular weight excluding hydrogens is 432 g/mol. The topological polar surface area (TPSA) is 127 Å². The average Bonchev–Trinajstić information content (AvgIpc) is 2.73. The zero-order valence-corrected chi connectivity index (χ0v) is 18.0. The summed E-state index contributed by atoms with van der Waals surface area (Å²) in [6, 6.07) is 4.89. The minimum atomic E-state index is -3.73. The first-order valence-electron chi connectivity index (χ1n) is 9.10. The van der Waals surface area contributed by atoms with Crippen LogP contribution in [-0.2, 0) is 14.8 Å². The van der Waals surface area contributed by atoms with E-state index in [0.29, 0.717) is 0 Å². The van der Waals surface area contributed by atoms with Gasteiger partial charge in [0.25, 0.3) is 5.91 Å². The lowest BCUT2D eigenvalue weighted by Crippen LogP contribution is -2.45. The zero-order valence-electron chi connectivity index (χ0n) is 17.2. The van der Waals surface area contributed by atoms with Gasteiger partial charge in [0.05, 0.1) is 18.0 Å². The van der Waals surface area contributed by atoms with Gasteiger partial charge < -0.3 is 15.8 Å². The highest BCUT2D eigenvalue weighted by Crippen LogP contribution is 2.29. The lowest BCUT2D eigenvalue weighted by atomic mass is 10.1. The van der Waals surface area contributed by atoms with Gasteiger partial charge in [0.15, 0.2) is 0 Å². The van der Waals surface area contributed by atoms with Crippen molar-refractivity contribution in [2.24, 2.45) is 10.7 Å². The summed E-state index contributed by atoms with van der Waals surface area (Å²) in [6.07, 6.45) is 0.895. The lowest BCUT2D eigenvalue weighted by molar-refractivity contribution is 0.102. The van der Waals surface area contributed by atoms with Crippen LogP contribution in [0.15, 0.2) is 41.5 Å². The second-order valence-electron chi connectivity index (χ2n) is 6.38. The van der Waals surface area contributed by atoms with Gasteiger partial charge in [-0.2, -0.15) is 0 Å². The minimum Gasteiger partial charge on any atom is -0.385 e. The molecule has 0 radical (unpaired) electrons. The standard InChI is InChI=1S/C16H15F2N5O3S.C3H8O/c1-23-16(19)22-14(8-27(23,25)26)11-6-10(3-4-12(11)18)21-15(24)13-5-2-9(17)7-20-13;1-3-4-2/h2-7,14H,8H2,1H3,(H2,19,22)(H,21,24);3H2,1-2H3. The number of sulfonamides is 1. The maximum atomic E-state index is 14.2. The van der Waals surface area contributed by atoms with Gasteiger partial charge in [-0.25, -0.2) is 31.5 Å². The molecule has 31 heavy (non-hydrogen) atoms. The summed E-state index contributed by atoms with van der Waals surface area (Å²) in [4.78, 5) is 19.8. The first-order valence-corrected chi connectivity index (χ1v) is 10.7. The van der Waals surface area contributed by atoms with E-state index in [-0.39, 0.29) is 22.9 Å². The van der Waals surface area contributed by atoms with Crippen LogP contribution < -0.4 is 11.1 Å². The first kappa shape index (κ1) is 24.2. The molecule has 0 fully saturated rings. The van der Waals surface area contributed by atoms with E-state index in [1.807, 2.05) is 6.92 Å². The zero-order chi connectivity index (χ0) is 23.2. The van der Waals surface area contributed by atoms with Crippen LogP contribution >= 0.6 is 0 Å². The number of rotatable bonds is 4. The Balaban J connectivity index is 0.000000785. The molecule has 0 saturated heterocycles. The Hall–Kier alpha value is -3.12. The molecule has 1 aliphatic rings. The normalized spacial score (nSPS) is 17.3. The van der Waals surface area contributed by atoms with Crippen molar-refractivity contribution < 1.29 is 26.7 Å². The van der Waals surface area contributed by atoms with Crippen LogP contribution in [0.4, 0.5) is 14.5 Å². The fourth-order valence-electron chi connectivity index (χ4n) is 2.47. The molecule has 1 aliphatic heterocycles. The smallest absolute Gasteiger partial charge is 0.274 e. The van der Waals surface area contributed by atoms with E-state index in [0.717, 1.165) is 29.2 Å². The number of anilines is 1. The van der Waals surface area contributed by atoms with E-state index in [9.17, 15) is 22.0 Å². The van der Waals surface area contributed by atoms with Crippen LogP contribution in [0.25, 0.3) is 0 Å². The molecule has 1 unspecified atom stereocenters. The number of nitrogens with two attached hydrogens (primary N) is 1. The number of nitrogens with one attached hydrogen (secondary N) is 1. The van der Waals surface area contributed by atoms with Crippen molar-refractivity contribution in [1.29, 1.82) is 0 Å². The Labute approximate surface area is 179 Å². The lowest BCUT2D eigenvalue weighted by Gasteiger charge is -2.27. The number of hydrogen-bond donors (Lipinski definition) is 2. The molecule has 3 N–H and O–H groups in total. The third-order valence-electron chi connectivity index (χ3n) is 4.26. The summed E-state index contributed by atoms with van der Waals surface area (Å²) in [5.41, 5.74) is 5.74. The van der Waals surface area contributed by atoms with E-state index in [1.54, 1.807) is 7.11 Å². The highest BCUT2D eigenvalue weighted by molar-refractivity contribution is 7.89. The van der Waals surface area contributed by atoms with E-state index in [1.165, 1.54) is 25.2 Å². The van der Waals surface area contributed by atoms with E-state index in [4.69, 9.17) is 5.73 Å². The number of benzene rings is 1. The Morgan fingerprint density at radius 1 is 1.32 bits per heavy atom. The minimum absolute atomic E-state index is 0.0282. The number of amides is 1. The number of hydrogen-bond acceptors (Lipinski definition) is 7. The molecule has 9 nitrogen and oxygen atoms in total. The molecule has 3 rings (SSSR count). The molecule has 0 bridgehead atoms. The fraction of sp³-hybridized carbons (Fsp3) is 0.316. The van der Waals surface area contributed by atoms with Crippen molar-refractivity contribution in [3.63, 3.8) is 0 Å². The average molecular weight is 455 g/mol. The SMILES string of the molecule is CCOC.CN1C(N)=NC(c2cc(NC(=O)c3ccc(F)cn3)ccc2F)CS1(=O)=O.